The normalized spacial score (nSPS) is 22.9. The third-order valence-electron chi connectivity index (χ3n) is 2.93. The summed E-state index contributed by atoms with van der Waals surface area (Å²) in [6.45, 7) is 3.13. The first-order valence-corrected chi connectivity index (χ1v) is 6.23. The number of aliphatic hydroxyl groups excluding tert-OH is 1. The zero-order valence-corrected chi connectivity index (χ0v) is 10.5. The molecule has 92 valence electrons. The SMILES string of the molecule is CCCC(C(=O)N1CCCC(O)C1)C(N)=S. The number of hydrogen-bond donors (Lipinski definition) is 2. The summed E-state index contributed by atoms with van der Waals surface area (Å²) >= 11 is 4.93. The largest absolute Gasteiger partial charge is 0.393 e. The second-order valence-electron chi connectivity index (χ2n) is 4.32. The molecule has 1 saturated heterocycles. The van der Waals surface area contributed by atoms with E-state index in [9.17, 15) is 9.90 Å². The summed E-state index contributed by atoms with van der Waals surface area (Å²) in [7, 11) is 0. The summed E-state index contributed by atoms with van der Waals surface area (Å²) in [5, 5.41) is 9.52. The first-order chi connectivity index (χ1) is 7.56. The van der Waals surface area contributed by atoms with Gasteiger partial charge < -0.3 is 15.7 Å². The molecule has 0 bridgehead atoms. The van der Waals surface area contributed by atoms with Crippen LogP contribution < -0.4 is 5.73 Å². The summed E-state index contributed by atoms with van der Waals surface area (Å²) < 4.78 is 0. The number of carbonyl (C=O) groups excluding carboxylic acids is 1. The van der Waals surface area contributed by atoms with E-state index < -0.39 is 6.10 Å². The highest BCUT2D eigenvalue weighted by Crippen LogP contribution is 2.16. The van der Waals surface area contributed by atoms with Gasteiger partial charge in [-0.15, -0.1) is 0 Å². The quantitative estimate of drug-likeness (QED) is 0.713. The minimum absolute atomic E-state index is 0.0203. The zero-order chi connectivity index (χ0) is 12.1. The van der Waals surface area contributed by atoms with E-state index in [1.807, 2.05) is 6.92 Å². The van der Waals surface area contributed by atoms with Gasteiger partial charge in [-0.2, -0.15) is 0 Å². The first kappa shape index (κ1) is 13.4. The van der Waals surface area contributed by atoms with Crippen LogP contribution in [0.2, 0.25) is 0 Å². The van der Waals surface area contributed by atoms with Gasteiger partial charge in [0.15, 0.2) is 0 Å². The molecule has 0 radical (unpaired) electrons. The van der Waals surface area contributed by atoms with E-state index in [1.165, 1.54) is 0 Å². The number of amides is 1. The lowest BCUT2D eigenvalue weighted by atomic mass is 9.99. The van der Waals surface area contributed by atoms with Gasteiger partial charge in [0.2, 0.25) is 5.91 Å². The molecule has 1 fully saturated rings. The number of hydrogen-bond acceptors (Lipinski definition) is 3. The fourth-order valence-electron chi connectivity index (χ4n) is 2.05. The molecule has 0 aliphatic carbocycles. The van der Waals surface area contributed by atoms with E-state index >= 15 is 0 Å². The minimum Gasteiger partial charge on any atom is -0.393 e. The number of piperidine rings is 1. The molecule has 0 spiro atoms. The van der Waals surface area contributed by atoms with Crippen molar-refractivity contribution in [1.29, 1.82) is 0 Å². The monoisotopic (exact) mass is 244 g/mol. The van der Waals surface area contributed by atoms with Gasteiger partial charge in [-0.05, 0) is 19.3 Å². The fraction of sp³-hybridized carbons (Fsp3) is 0.818. The van der Waals surface area contributed by atoms with Crippen molar-refractivity contribution in [2.24, 2.45) is 11.7 Å². The van der Waals surface area contributed by atoms with Crippen molar-refractivity contribution in [3.05, 3.63) is 0 Å². The van der Waals surface area contributed by atoms with E-state index in [0.717, 1.165) is 19.3 Å². The van der Waals surface area contributed by atoms with E-state index in [-0.39, 0.29) is 16.8 Å². The highest BCUT2D eigenvalue weighted by atomic mass is 32.1. The molecule has 5 heteroatoms. The Bertz CT molecular complexity index is 271. The molecular formula is C11H20N2O2S. The van der Waals surface area contributed by atoms with Crippen LogP contribution in [0.4, 0.5) is 0 Å². The van der Waals surface area contributed by atoms with Gasteiger partial charge in [-0.25, -0.2) is 0 Å². The summed E-state index contributed by atoms with van der Waals surface area (Å²) in [5.41, 5.74) is 5.59. The van der Waals surface area contributed by atoms with Crippen molar-refractivity contribution in [2.45, 2.75) is 38.7 Å². The summed E-state index contributed by atoms with van der Waals surface area (Å²) in [6, 6.07) is 0. The van der Waals surface area contributed by atoms with E-state index in [2.05, 4.69) is 0 Å². The molecule has 3 N–H and O–H groups in total. The van der Waals surface area contributed by atoms with Crippen molar-refractivity contribution in [1.82, 2.24) is 4.90 Å². The molecule has 1 aliphatic rings. The van der Waals surface area contributed by atoms with Gasteiger partial charge >= 0.3 is 0 Å². The Labute approximate surface area is 102 Å². The molecule has 0 aromatic rings. The highest BCUT2D eigenvalue weighted by molar-refractivity contribution is 7.80. The van der Waals surface area contributed by atoms with Crippen molar-refractivity contribution in [2.75, 3.05) is 13.1 Å². The number of rotatable bonds is 4. The maximum Gasteiger partial charge on any atom is 0.232 e. The topological polar surface area (TPSA) is 66.6 Å². The van der Waals surface area contributed by atoms with E-state index in [4.69, 9.17) is 18.0 Å². The molecular weight excluding hydrogens is 224 g/mol. The van der Waals surface area contributed by atoms with Crippen LogP contribution in [-0.4, -0.2) is 40.1 Å². The van der Waals surface area contributed by atoms with Crippen LogP contribution in [0.5, 0.6) is 0 Å². The van der Waals surface area contributed by atoms with Crippen molar-refractivity contribution < 1.29 is 9.90 Å². The number of likely N-dealkylation sites (tertiary alicyclic amines) is 1. The molecule has 1 amide bonds. The van der Waals surface area contributed by atoms with Crippen LogP contribution >= 0.6 is 12.2 Å². The Morgan fingerprint density at radius 3 is 2.88 bits per heavy atom. The molecule has 16 heavy (non-hydrogen) atoms. The molecule has 1 aliphatic heterocycles. The van der Waals surface area contributed by atoms with E-state index in [0.29, 0.717) is 19.5 Å². The van der Waals surface area contributed by atoms with Crippen LogP contribution in [0.1, 0.15) is 32.6 Å². The molecule has 2 unspecified atom stereocenters. The predicted octanol–water partition coefficient (Wildman–Crippen LogP) is 0.672. The summed E-state index contributed by atoms with van der Waals surface area (Å²) in [6.07, 6.45) is 2.80. The fourth-order valence-corrected chi connectivity index (χ4v) is 2.27. The first-order valence-electron chi connectivity index (χ1n) is 5.82. The van der Waals surface area contributed by atoms with Gasteiger partial charge in [-0.3, -0.25) is 4.79 Å². The van der Waals surface area contributed by atoms with Crippen molar-refractivity contribution in [3.8, 4) is 0 Å². The molecule has 0 saturated carbocycles. The summed E-state index contributed by atoms with van der Waals surface area (Å²) in [5.74, 6) is -0.376. The maximum atomic E-state index is 12.1. The average Bonchev–Trinajstić information content (AvgIpc) is 2.24. The van der Waals surface area contributed by atoms with Gasteiger partial charge in [0, 0.05) is 13.1 Å². The smallest absolute Gasteiger partial charge is 0.232 e. The van der Waals surface area contributed by atoms with Crippen molar-refractivity contribution in [3.63, 3.8) is 0 Å². The summed E-state index contributed by atoms with van der Waals surface area (Å²) in [4.78, 5) is 14.1. The van der Waals surface area contributed by atoms with Gasteiger partial charge in [0.05, 0.1) is 17.0 Å². The van der Waals surface area contributed by atoms with Gasteiger partial charge in [0.25, 0.3) is 0 Å². The van der Waals surface area contributed by atoms with Crippen LogP contribution in [0.15, 0.2) is 0 Å². The molecule has 0 aromatic carbocycles. The number of nitrogens with two attached hydrogens (primary N) is 1. The molecule has 1 rings (SSSR count). The zero-order valence-electron chi connectivity index (χ0n) is 9.69. The number of carbonyl (C=O) groups is 1. The van der Waals surface area contributed by atoms with Crippen LogP contribution in [0, 0.1) is 5.92 Å². The van der Waals surface area contributed by atoms with Gasteiger partial charge in [0.1, 0.15) is 0 Å². The number of aliphatic hydroxyl groups is 1. The second-order valence-corrected chi connectivity index (χ2v) is 4.80. The Balaban J connectivity index is 2.62. The average molecular weight is 244 g/mol. The maximum absolute atomic E-state index is 12.1. The molecule has 4 nitrogen and oxygen atoms in total. The molecule has 2 atom stereocenters. The lowest BCUT2D eigenvalue weighted by molar-refractivity contribution is -0.136. The lowest BCUT2D eigenvalue weighted by Crippen LogP contribution is -2.47. The lowest BCUT2D eigenvalue weighted by Gasteiger charge is -2.32. The highest BCUT2D eigenvalue weighted by Gasteiger charge is 2.29. The van der Waals surface area contributed by atoms with E-state index in [1.54, 1.807) is 4.90 Å². The Morgan fingerprint density at radius 1 is 1.69 bits per heavy atom. The number of nitrogens with zero attached hydrogens (tertiary/aromatic N) is 1. The predicted molar refractivity (Wildman–Crippen MR) is 67.0 cm³/mol. The number of β-amino-alcohol motifs (C(OH)–C–C–N with tert-alkyl or cyclic N) is 1. The van der Waals surface area contributed by atoms with Crippen LogP contribution in [-0.2, 0) is 4.79 Å². The Hall–Kier alpha value is -0.680. The Kier molecular flexibility index (Phi) is 5.15. The van der Waals surface area contributed by atoms with Gasteiger partial charge in [-0.1, -0.05) is 25.6 Å². The third kappa shape index (κ3) is 3.42. The van der Waals surface area contributed by atoms with Crippen molar-refractivity contribution >= 4 is 23.1 Å². The van der Waals surface area contributed by atoms with Crippen LogP contribution in [0.3, 0.4) is 0 Å². The minimum atomic E-state index is -0.397. The molecule has 1 heterocycles. The second kappa shape index (κ2) is 6.15. The number of thiocarbonyl (C=S) groups is 1. The van der Waals surface area contributed by atoms with Crippen LogP contribution in [0.25, 0.3) is 0 Å². The standard InChI is InChI=1S/C11H20N2O2S/c1-2-4-9(10(12)16)11(15)13-6-3-5-8(14)7-13/h8-9,14H,2-7H2,1H3,(H2,12,16). The third-order valence-corrected chi connectivity index (χ3v) is 3.21. The molecule has 0 aromatic heterocycles. The Morgan fingerprint density at radius 2 is 2.38 bits per heavy atom.